The number of carbonyl (C=O) groups excluding carboxylic acids is 3. The quantitative estimate of drug-likeness (QED) is 0.686. The molecule has 0 bridgehead atoms. The number of nitrogens with one attached hydrogen (secondary N) is 1. The van der Waals surface area contributed by atoms with Gasteiger partial charge in [-0.1, -0.05) is 38.1 Å². The molecule has 25 heavy (non-hydrogen) atoms. The smallest absolute Gasteiger partial charge is 0.331 e. The predicted octanol–water partition coefficient (Wildman–Crippen LogP) is 3.07. The normalized spacial score (nSPS) is 16.7. The number of nitrogens with zero attached hydrogens (tertiary/aromatic N) is 1. The Kier molecular flexibility index (Phi) is 4.52. The summed E-state index contributed by atoms with van der Waals surface area (Å²) in [5, 5.41) is 2.19. The minimum atomic E-state index is -0.751. The maximum absolute atomic E-state index is 12.6. The van der Waals surface area contributed by atoms with Crippen molar-refractivity contribution in [2.24, 2.45) is 0 Å². The largest absolute Gasteiger partial charge is 0.467 e. The molecule has 0 saturated carbocycles. The SMILES string of the molecule is CC(C)c1ccc(/C=C2\C(=O)NC(=O)N(Cc3ccco3)C2=O)cc1. The fourth-order valence-corrected chi connectivity index (χ4v) is 2.54. The van der Waals surface area contributed by atoms with Crippen molar-refractivity contribution in [1.29, 1.82) is 0 Å². The van der Waals surface area contributed by atoms with Gasteiger partial charge in [-0.15, -0.1) is 0 Å². The highest BCUT2D eigenvalue weighted by Crippen LogP contribution is 2.19. The Morgan fingerprint density at radius 1 is 1.12 bits per heavy atom. The molecule has 1 aromatic heterocycles. The summed E-state index contributed by atoms with van der Waals surface area (Å²) in [7, 11) is 0. The van der Waals surface area contributed by atoms with E-state index in [9.17, 15) is 14.4 Å². The maximum Gasteiger partial charge on any atom is 0.331 e. The van der Waals surface area contributed by atoms with Crippen LogP contribution >= 0.6 is 0 Å². The monoisotopic (exact) mass is 338 g/mol. The Labute approximate surface area is 145 Å². The van der Waals surface area contributed by atoms with Crippen molar-refractivity contribution in [3.05, 3.63) is 65.1 Å². The molecule has 2 heterocycles. The summed E-state index contributed by atoms with van der Waals surface area (Å²) < 4.78 is 5.17. The van der Waals surface area contributed by atoms with Crippen molar-refractivity contribution in [2.45, 2.75) is 26.3 Å². The molecule has 0 radical (unpaired) electrons. The van der Waals surface area contributed by atoms with Crippen molar-refractivity contribution in [2.75, 3.05) is 0 Å². The van der Waals surface area contributed by atoms with Gasteiger partial charge >= 0.3 is 6.03 Å². The van der Waals surface area contributed by atoms with Crippen molar-refractivity contribution in [1.82, 2.24) is 10.2 Å². The van der Waals surface area contributed by atoms with E-state index >= 15 is 0 Å². The first-order valence-electron chi connectivity index (χ1n) is 7.97. The zero-order chi connectivity index (χ0) is 18.0. The summed E-state index contributed by atoms with van der Waals surface area (Å²) in [6, 6.07) is 10.2. The number of rotatable bonds is 4. The van der Waals surface area contributed by atoms with Gasteiger partial charge in [0.15, 0.2) is 0 Å². The number of barbiturate groups is 1. The van der Waals surface area contributed by atoms with Crippen LogP contribution in [0, 0.1) is 0 Å². The van der Waals surface area contributed by atoms with Crippen LogP contribution in [-0.2, 0) is 16.1 Å². The zero-order valence-electron chi connectivity index (χ0n) is 14.0. The second-order valence-electron chi connectivity index (χ2n) is 6.11. The van der Waals surface area contributed by atoms with E-state index in [1.54, 1.807) is 12.1 Å². The standard InChI is InChI=1S/C19H18N2O4/c1-12(2)14-7-5-13(6-8-14)10-16-17(22)20-19(24)21(18(16)23)11-15-4-3-9-25-15/h3-10,12H,11H2,1-2H3,(H,20,22,24)/b16-10+. The highest BCUT2D eigenvalue weighted by Gasteiger charge is 2.36. The molecule has 4 amide bonds. The molecule has 1 aliphatic heterocycles. The third kappa shape index (κ3) is 3.52. The van der Waals surface area contributed by atoms with E-state index in [0.717, 1.165) is 16.0 Å². The topological polar surface area (TPSA) is 79.6 Å². The van der Waals surface area contributed by atoms with Crippen molar-refractivity contribution >= 4 is 23.9 Å². The summed E-state index contributed by atoms with van der Waals surface area (Å²) in [4.78, 5) is 37.6. The molecule has 1 aromatic carbocycles. The molecule has 0 atom stereocenters. The Hall–Kier alpha value is -3.15. The van der Waals surface area contributed by atoms with Crippen molar-refractivity contribution in [3.8, 4) is 0 Å². The van der Waals surface area contributed by atoms with Crippen LogP contribution in [0.25, 0.3) is 6.08 Å². The molecule has 1 aliphatic rings. The lowest BCUT2D eigenvalue weighted by atomic mass is 10.0. The summed E-state index contributed by atoms with van der Waals surface area (Å²) in [5.41, 5.74) is 1.80. The maximum atomic E-state index is 12.6. The second-order valence-corrected chi connectivity index (χ2v) is 6.11. The first kappa shape index (κ1) is 16.7. The minimum Gasteiger partial charge on any atom is -0.467 e. The Morgan fingerprint density at radius 3 is 2.44 bits per heavy atom. The average Bonchev–Trinajstić information content (AvgIpc) is 3.09. The summed E-state index contributed by atoms with van der Waals surface area (Å²) in [6.07, 6.45) is 2.95. The predicted molar refractivity (Wildman–Crippen MR) is 91.3 cm³/mol. The molecule has 2 aromatic rings. The van der Waals surface area contributed by atoms with Gasteiger partial charge in [0.2, 0.25) is 0 Å². The van der Waals surface area contributed by atoms with Gasteiger partial charge < -0.3 is 4.42 Å². The molecule has 6 nitrogen and oxygen atoms in total. The molecule has 6 heteroatoms. The number of furan rings is 1. The number of benzene rings is 1. The van der Waals surface area contributed by atoms with Gasteiger partial charge in [0.05, 0.1) is 12.8 Å². The molecule has 1 fully saturated rings. The lowest BCUT2D eigenvalue weighted by molar-refractivity contribution is -0.130. The molecule has 0 unspecified atom stereocenters. The van der Waals surface area contributed by atoms with Crippen LogP contribution in [0.4, 0.5) is 4.79 Å². The molecular formula is C19H18N2O4. The summed E-state index contributed by atoms with van der Waals surface area (Å²) in [6.45, 7) is 4.14. The number of hydrogen-bond acceptors (Lipinski definition) is 4. The molecule has 1 N–H and O–H groups in total. The van der Waals surface area contributed by atoms with E-state index in [1.807, 2.05) is 24.3 Å². The van der Waals surface area contributed by atoms with Crippen LogP contribution in [0.15, 0.2) is 52.7 Å². The van der Waals surface area contributed by atoms with Crippen LogP contribution in [0.5, 0.6) is 0 Å². The van der Waals surface area contributed by atoms with Gasteiger partial charge in [0.25, 0.3) is 11.8 Å². The number of amides is 4. The van der Waals surface area contributed by atoms with Crippen LogP contribution in [0.1, 0.15) is 36.7 Å². The lowest BCUT2D eigenvalue weighted by Gasteiger charge is -2.25. The average molecular weight is 338 g/mol. The zero-order valence-corrected chi connectivity index (χ0v) is 14.0. The Morgan fingerprint density at radius 2 is 1.84 bits per heavy atom. The van der Waals surface area contributed by atoms with Gasteiger partial charge in [-0.25, -0.2) is 4.79 Å². The van der Waals surface area contributed by atoms with Crippen LogP contribution < -0.4 is 5.32 Å². The van der Waals surface area contributed by atoms with Crippen molar-refractivity contribution in [3.63, 3.8) is 0 Å². The van der Waals surface area contributed by atoms with E-state index < -0.39 is 17.8 Å². The first-order chi connectivity index (χ1) is 12.0. The fraction of sp³-hybridized carbons (Fsp3) is 0.211. The van der Waals surface area contributed by atoms with Crippen LogP contribution in [0.2, 0.25) is 0 Å². The van der Waals surface area contributed by atoms with E-state index in [0.29, 0.717) is 11.7 Å². The van der Waals surface area contributed by atoms with Gasteiger partial charge in [-0.05, 0) is 35.3 Å². The third-order valence-electron chi connectivity index (χ3n) is 3.99. The summed E-state index contributed by atoms with van der Waals surface area (Å²) >= 11 is 0. The Balaban J connectivity index is 1.87. The van der Waals surface area contributed by atoms with Gasteiger partial charge in [0.1, 0.15) is 11.3 Å². The van der Waals surface area contributed by atoms with E-state index in [4.69, 9.17) is 4.42 Å². The number of urea groups is 1. The van der Waals surface area contributed by atoms with E-state index in [-0.39, 0.29) is 12.1 Å². The fourth-order valence-electron chi connectivity index (χ4n) is 2.54. The summed E-state index contributed by atoms with van der Waals surface area (Å²) in [5.74, 6) is -0.488. The number of carbonyl (C=O) groups is 3. The van der Waals surface area contributed by atoms with Gasteiger partial charge in [0, 0.05) is 0 Å². The highest BCUT2D eigenvalue weighted by molar-refractivity contribution is 6.30. The minimum absolute atomic E-state index is 0.0332. The second kappa shape index (κ2) is 6.76. The molecule has 3 rings (SSSR count). The number of hydrogen-bond donors (Lipinski definition) is 1. The van der Waals surface area contributed by atoms with Gasteiger partial charge in [-0.2, -0.15) is 0 Å². The molecule has 0 spiro atoms. The highest BCUT2D eigenvalue weighted by atomic mass is 16.3. The van der Waals surface area contributed by atoms with Gasteiger partial charge in [-0.3, -0.25) is 19.8 Å². The molecule has 0 aliphatic carbocycles. The molecular weight excluding hydrogens is 320 g/mol. The third-order valence-corrected chi connectivity index (χ3v) is 3.99. The van der Waals surface area contributed by atoms with Crippen molar-refractivity contribution < 1.29 is 18.8 Å². The van der Waals surface area contributed by atoms with E-state index in [2.05, 4.69) is 19.2 Å². The first-order valence-corrected chi connectivity index (χ1v) is 7.97. The Bertz CT molecular complexity index is 833. The molecule has 1 saturated heterocycles. The van der Waals surface area contributed by atoms with E-state index in [1.165, 1.54) is 12.3 Å². The van der Waals surface area contributed by atoms with Crippen LogP contribution in [-0.4, -0.2) is 22.7 Å². The molecule has 128 valence electrons. The van der Waals surface area contributed by atoms with Crippen LogP contribution in [0.3, 0.4) is 0 Å². The lowest BCUT2D eigenvalue weighted by Crippen LogP contribution is -2.53. The number of imide groups is 2.